The monoisotopic (exact) mass is 294 g/mol. The number of benzene rings is 2. The van der Waals surface area contributed by atoms with Crippen LogP contribution in [0.5, 0.6) is 0 Å². The van der Waals surface area contributed by atoms with Crippen LogP contribution in [0.2, 0.25) is 0 Å². The van der Waals surface area contributed by atoms with Gasteiger partial charge in [-0.2, -0.15) is 0 Å². The first-order valence-corrected chi connectivity index (χ1v) is 8.36. The number of hydrogen-bond donors (Lipinski definition) is 1. The van der Waals surface area contributed by atoms with E-state index in [2.05, 4.69) is 0 Å². The maximum atomic E-state index is 13.8. The molecule has 0 aliphatic carbocycles. The molecule has 1 heterocycles. The van der Waals surface area contributed by atoms with E-state index < -0.39 is 15.9 Å². The molecular weight excluding hydrogens is 279 g/mol. The Hall–Kier alpha value is -1.46. The van der Waals surface area contributed by atoms with Crippen molar-refractivity contribution >= 4 is 20.6 Å². The number of rotatable bonds is 2. The zero-order chi connectivity index (χ0) is 14.3. The number of hydrogen-bond acceptors (Lipinski definition) is 3. The minimum atomic E-state index is -3.04. The van der Waals surface area contributed by atoms with Gasteiger partial charge in [-0.3, -0.25) is 0 Å². The highest BCUT2D eigenvalue weighted by molar-refractivity contribution is 7.91. The highest BCUT2D eigenvalue weighted by Gasteiger charge is 2.34. The quantitative estimate of drug-likeness (QED) is 0.925. The van der Waals surface area contributed by atoms with Crippen LogP contribution >= 0.6 is 0 Å². The summed E-state index contributed by atoms with van der Waals surface area (Å²) >= 11 is 0. The minimum Gasteiger partial charge on any atom is -0.388 e. The van der Waals surface area contributed by atoms with Crippen LogP contribution in [-0.2, 0) is 9.84 Å². The van der Waals surface area contributed by atoms with Gasteiger partial charge in [-0.25, -0.2) is 12.8 Å². The fraction of sp³-hybridized carbons (Fsp3) is 0.333. The van der Waals surface area contributed by atoms with Crippen molar-refractivity contribution in [1.82, 2.24) is 0 Å². The van der Waals surface area contributed by atoms with Crippen LogP contribution < -0.4 is 0 Å². The van der Waals surface area contributed by atoms with E-state index >= 15 is 0 Å². The molecule has 0 radical (unpaired) electrons. The summed E-state index contributed by atoms with van der Waals surface area (Å²) in [5, 5.41) is 11.5. The molecule has 1 N–H and O–H groups in total. The maximum Gasteiger partial charge on any atom is 0.150 e. The van der Waals surface area contributed by atoms with Crippen molar-refractivity contribution in [2.24, 2.45) is 5.92 Å². The summed E-state index contributed by atoms with van der Waals surface area (Å²) in [6.45, 7) is 0. The van der Waals surface area contributed by atoms with Crippen LogP contribution in [0, 0.1) is 11.7 Å². The molecule has 2 atom stereocenters. The van der Waals surface area contributed by atoms with Crippen molar-refractivity contribution in [3.05, 3.63) is 47.8 Å². The van der Waals surface area contributed by atoms with Crippen molar-refractivity contribution in [3.63, 3.8) is 0 Å². The van der Waals surface area contributed by atoms with Crippen molar-refractivity contribution in [2.75, 3.05) is 11.5 Å². The molecule has 1 aliphatic rings. The molecule has 1 aliphatic heterocycles. The van der Waals surface area contributed by atoms with Gasteiger partial charge in [0.25, 0.3) is 0 Å². The standard InChI is InChI=1S/C15H15FO3S/c16-14-6-5-13(11-3-1-2-4-12(11)14)15(17)10-7-8-20(18,19)9-10/h1-6,10,15,17H,7-9H2. The summed E-state index contributed by atoms with van der Waals surface area (Å²) < 4.78 is 36.8. The molecule has 106 valence electrons. The van der Waals surface area contributed by atoms with E-state index in [1.54, 1.807) is 30.3 Å². The maximum absolute atomic E-state index is 13.8. The number of halogens is 1. The van der Waals surface area contributed by atoms with Crippen LogP contribution in [0.15, 0.2) is 36.4 Å². The van der Waals surface area contributed by atoms with Crippen LogP contribution in [0.25, 0.3) is 10.8 Å². The van der Waals surface area contributed by atoms with Crippen LogP contribution in [-0.4, -0.2) is 25.0 Å². The van der Waals surface area contributed by atoms with Crippen LogP contribution in [0.3, 0.4) is 0 Å². The van der Waals surface area contributed by atoms with E-state index in [0.717, 1.165) is 0 Å². The number of aliphatic hydroxyl groups excluding tert-OH is 1. The third-order valence-corrected chi connectivity index (χ3v) is 5.73. The van der Waals surface area contributed by atoms with Crippen molar-refractivity contribution < 1.29 is 17.9 Å². The average Bonchev–Trinajstić information content (AvgIpc) is 2.79. The zero-order valence-corrected chi connectivity index (χ0v) is 11.6. The molecule has 0 bridgehead atoms. The third kappa shape index (κ3) is 2.31. The van der Waals surface area contributed by atoms with Gasteiger partial charge in [0.1, 0.15) is 5.82 Å². The van der Waals surface area contributed by atoms with E-state index in [0.29, 0.717) is 22.8 Å². The lowest BCUT2D eigenvalue weighted by molar-refractivity contribution is 0.122. The molecule has 0 saturated carbocycles. The Bertz CT molecular complexity index is 755. The van der Waals surface area contributed by atoms with E-state index in [9.17, 15) is 17.9 Å². The molecule has 3 rings (SSSR count). The summed E-state index contributed by atoms with van der Waals surface area (Å²) in [7, 11) is -3.04. The fourth-order valence-electron chi connectivity index (χ4n) is 2.87. The predicted molar refractivity (Wildman–Crippen MR) is 75.6 cm³/mol. The SMILES string of the molecule is O=S1(=O)CCC(C(O)c2ccc(F)c3ccccc23)C1. The van der Waals surface area contributed by atoms with Gasteiger partial charge in [0.15, 0.2) is 9.84 Å². The molecule has 0 spiro atoms. The Morgan fingerprint density at radius 3 is 2.50 bits per heavy atom. The van der Waals surface area contributed by atoms with Gasteiger partial charge >= 0.3 is 0 Å². The molecule has 2 aromatic carbocycles. The summed E-state index contributed by atoms with van der Waals surface area (Å²) in [4.78, 5) is 0. The highest BCUT2D eigenvalue weighted by atomic mass is 32.2. The van der Waals surface area contributed by atoms with Gasteiger partial charge in [0.2, 0.25) is 0 Å². The summed E-state index contributed by atoms with van der Waals surface area (Å²) in [6.07, 6.45) is -0.423. The highest BCUT2D eigenvalue weighted by Crippen LogP contribution is 2.35. The lowest BCUT2D eigenvalue weighted by Crippen LogP contribution is -2.14. The van der Waals surface area contributed by atoms with Crippen molar-refractivity contribution in [1.29, 1.82) is 0 Å². The largest absolute Gasteiger partial charge is 0.388 e. The Morgan fingerprint density at radius 2 is 1.85 bits per heavy atom. The first-order valence-electron chi connectivity index (χ1n) is 6.53. The smallest absolute Gasteiger partial charge is 0.150 e. The minimum absolute atomic E-state index is 0.000129. The molecule has 0 amide bonds. The number of fused-ring (bicyclic) bond motifs is 1. The van der Waals surface area contributed by atoms with E-state index in [-0.39, 0.29) is 23.2 Å². The Kier molecular flexibility index (Phi) is 3.26. The second kappa shape index (κ2) is 4.82. The van der Waals surface area contributed by atoms with Gasteiger partial charge < -0.3 is 5.11 Å². The Morgan fingerprint density at radius 1 is 1.15 bits per heavy atom. The molecule has 1 fully saturated rings. The second-order valence-electron chi connectivity index (χ2n) is 5.29. The summed E-state index contributed by atoms with van der Waals surface area (Å²) in [5.41, 5.74) is 0.601. The normalized spacial score (nSPS) is 23.0. The molecule has 2 aromatic rings. The fourth-order valence-corrected chi connectivity index (χ4v) is 4.70. The Balaban J connectivity index is 2.04. The molecule has 3 nitrogen and oxygen atoms in total. The van der Waals surface area contributed by atoms with Crippen molar-refractivity contribution in [3.8, 4) is 0 Å². The van der Waals surface area contributed by atoms with Crippen molar-refractivity contribution in [2.45, 2.75) is 12.5 Å². The Labute approximate surface area is 117 Å². The molecule has 20 heavy (non-hydrogen) atoms. The molecule has 1 saturated heterocycles. The van der Waals surface area contributed by atoms with Crippen LogP contribution in [0.4, 0.5) is 4.39 Å². The molecule has 0 aromatic heterocycles. The van der Waals surface area contributed by atoms with Gasteiger partial charge in [-0.15, -0.1) is 0 Å². The summed E-state index contributed by atoms with van der Waals surface area (Å²) in [6, 6.07) is 9.80. The molecule has 2 unspecified atom stereocenters. The third-order valence-electron chi connectivity index (χ3n) is 3.94. The molecular formula is C15H15FO3S. The zero-order valence-electron chi connectivity index (χ0n) is 10.8. The first kappa shape index (κ1) is 13.5. The van der Waals surface area contributed by atoms with Gasteiger partial charge in [-0.05, 0) is 23.4 Å². The van der Waals surface area contributed by atoms with E-state index in [1.165, 1.54) is 6.07 Å². The topological polar surface area (TPSA) is 54.4 Å². The number of aliphatic hydroxyl groups is 1. The van der Waals surface area contributed by atoms with E-state index in [4.69, 9.17) is 0 Å². The van der Waals surface area contributed by atoms with Gasteiger partial charge in [-0.1, -0.05) is 30.3 Å². The first-order chi connectivity index (χ1) is 9.48. The second-order valence-corrected chi connectivity index (χ2v) is 7.52. The average molecular weight is 294 g/mol. The lowest BCUT2D eigenvalue weighted by atomic mass is 9.91. The predicted octanol–water partition coefficient (Wildman–Crippen LogP) is 2.45. The van der Waals surface area contributed by atoms with Gasteiger partial charge in [0, 0.05) is 11.3 Å². The number of sulfone groups is 1. The lowest BCUT2D eigenvalue weighted by Gasteiger charge is -2.19. The van der Waals surface area contributed by atoms with E-state index in [1.807, 2.05) is 0 Å². The van der Waals surface area contributed by atoms with Crippen LogP contribution in [0.1, 0.15) is 18.1 Å². The van der Waals surface area contributed by atoms with Gasteiger partial charge in [0.05, 0.1) is 17.6 Å². The summed E-state index contributed by atoms with van der Waals surface area (Å²) in [5.74, 6) is -0.530. The molecule has 5 heteroatoms.